The van der Waals surface area contributed by atoms with Gasteiger partial charge in [0.1, 0.15) is 4.90 Å². The second kappa shape index (κ2) is 6.97. The van der Waals surface area contributed by atoms with E-state index in [0.717, 1.165) is 27.7 Å². The SMILES string of the molecule is CCNCc1scc(C)c1S(=O)(=O)NCc1csc(C)n1. The van der Waals surface area contributed by atoms with E-state index < -0.39 is 10.0 Å². The third kappa shape index (κ3) is 4.10. The van der Waals surface area contributed by atoms with Crippen LogP contribution >= 0.6 is 22.7 Å². The first kappa shape index (κ1) is 16.6. The minimum Gasteiger partial charge on any atom is -0.312 e. The zero-order chi connectivity index (χ0) is 15.5. The molecule has 8 heteroatoms. The van der Waals surface area contributed by atoms with Crippen LogP contribution in [-0.4, -0.2) is 19.9 Å². The Balaban J connectivity index is 2.17. The van der Waals surface area contributed by atoms with Crippen molar-refractivity contribution >= 4 is 32.7 Å². The quantitative estimate of drug-likeness (QED) is 0.808. The second-order valence-electron chi connectivity index (χ2n) is 4.63. The molecule has 0 bridgehead atoms. The van der Waals surface area contributed by atoms with Crippen molar-refractivity contribution in [3.8, 4) is 0 Å². The van der Waals surface area contributed by atoms with Crippen LogP contribution in [0.25, 0.3) is 0 Å². The summed E-state index contributed by atoms with van der Waals surface area (Å²) in [6.45, 7) is 7.33. The maximum atomic E-state index is 12.5. The molecule has 0 unspecified atom stereocenters. The summed E-state index contributed by atoms with van der Waals surface area (Å²) in [4.78, 5) is 5.52. The summed E-state index contributed by atoms with van der Waals surface area (Å²) in [5.41, 5.74) is 1.54. The predicted octanol–water partition coefficient (Wildman–Crippen LogP) is 2.41. The molecule has 0 aliphatic rings. The first-order chi connectivity index (χ1) is 9.94. The molecular formula is C13H19N3O2S3. The van der Waals surface area contributed by atoms with Gasteiger partial charge in [0, 0.05) is 16.8 Å². The summed E-state index contributed by atoms with van der Waals surface area (Å²) in [5.74, 6) is 0. The smallest absolute Gasteiger partial charge is 0.242 e. The normalized spacial score (nSPS) is 12.0. The van der Waals surface area contributed by atoms with Crippen LogP contribution in [0.15, 0.2) is 15.7 Å². The fourth-order valence-electron chi connectivity index (χ4n) is 1.94. The zero-order valence-electron chi connectivity index (χ0n) is 12.3. The van der Waals surface area contributed by atoms with Crippen LogP contribution in [0.4, 0.5) is 0 Å². The van der Waals surface area contributed by atoms with Gasteiger partial charge in [-0.2, -0.15) is 0 Å². The van der Waals surface area contributed by atoms with E-state index >= 15 is 0 Å². The highest BCUT2D eigenvalue weighted by Gasteiger charge is 2.22. The molecule has 0 aliphatic carbocycles. The van der Waals surface area contributed by atoms with E-state index in [1.807, 2.05) is 31.5 Å². The number of hydrogen-bond donors (Lipinski definition) is 2. The van der Waals surface area contributed by atoms with Crippen molar-refractivity contribution in [3.63, 3.8) is 0 Å². The van der Waals surface area contributed by atoms with E-state index in [2.05, 4.69) is 15.0 Å². The fourth-order valence-corrected chi connectivity index (χ4v) is 5.33. The molecule has 2 rings (SSSR count). The van der Waals surface area contributed by atoms with E-state index in [1.54, 1.807) is 0 Å². The van der Waals surface area contributed by atoms with Gasteiger partial charge in [-0.25, -0.2) is 18.1 Å². The van der Waals surface area contributed by atoms with Crippen molar-refractivity contribution in [1.82, 2.24) is 15.0 Å². The zero-order valence-corrected chi connectivity index (χ0v) is 14.7. The summed E-state index contributed by atoms with van der Waals surface area (Å²) in [7, 11) is -3.51. The fraction of sp³-hybridized carbons (Fsp3) is 0.462. The van der Waals surface area contributed by atoms with Crippen LogP contribution in [0, 0.1) is 13.8 Å². The molecule has 21 heavy (non-hydrogen) atoms. The lowest BCUT2D eigenvalue weighted by Gasteiger charge is -2.08. The number of rotatable bonds is 7. The number of aromatic nitrogens is 1. The van der Waals surface area contributed by atoms with Crippen molar-refractivity contribution in [2.45, 2.75) is 38.8 Å². The lowest BCUT2D eigenvalue weighted by Crippen LogP contribution is -2.25. The van der Waals surface area contributed by atoms with Gasteiger partial charge in [0.2, 0.25) is 10.0 Å². The number of sulfonamides is 1. The minimum absolute atomic E-state index is 0.225. The van der Waals surface area contributed by atoms with E-state index in [0.29, 0.717) is 11.4 Å². The average Bonchev–Trinajstić information content (AvgIpc) is 3.00. The Morgan fingerprint density at radius 2 is 1.95 bits per heavy atom. The van der Waals surface area contributed by atoms with Gasteiger partial charge in [-0.15, -0.1) is 22.7 Å². The van der Waals surface area contributed by atoms with Crippen LogP contribution in [-0.2, 0) is 23.1 Å². The van der Waals surface area contributed by atoms with Crippen molar-refractivity contribution in [2.75, 3.05) is 6.54 Å². The molecule has 0 saturated carbocycles. The summed E-state index contributed by atoms with van der Waals surface area (Å²) in [6.07, 6.45) is 0. The molecule has 2 aromatic rings. The van der Waals surface area contributed by atoms with Crippen LogP contribution < -0.4 is 10.0 Å². The molecule has 0 spiro atoms. The van der Waals surface area contributed by atoms with Crippen molar-refractivity contribution in [1.29, 1.82) is 0 Å². The molecule has 0 atom stereocenters. The molecule has 2 N–H and O–H groups in total. The van der Waals surface area contributed by atoms with Gasteiger partial charge in [0.25, 0.3) is 0 Å². The Morgan fingerprint density at radius 1 is 1.19 bits per heavy atom. The molecule has 116 valence electrons. The van der Waals surface area contributed by atoms with Crippen molar-refractivity contribution in [3.05, 3.63) is 31.9 Å². The topological polar surface area (TPSA) is 71.1 Å². The van der Waals surface area contributed by atoms with E-state index in [1.165, 1.54) is 22.7 Å². The summed E-state index contributed by atoms with van der Waals surface area (Å²) < 4.78 is 27.7. The Hall–Kier alpha value is -0.800. The first-order valence-corrected chi connectivity index (χ1v) is 9.86. The molecule has 0 radical (unpaired) electrons. The maximum absolute atomic E-state index is 12.5. The third-order valence-electron chi connectivity index (χ3n) is 2.90. The molecule has 0 fully saturated rings. The standard InChI is InChI=1S/C13H19N3O2S3/c1-4-14-6-12-13(9(2)7-20-12)21(17,18)15-5-11-8-19-10(3)16-11/h7-8,14-15H,4-6H2,1-3H3. The molecule has 0 amide bonds. The monoisotopic (exact) mass is 345 g/mol. The predicted molar refractivity (Wildman–Crippen MR) is 87.3 cm³/mol. The van der Waals surface area contributed by atoms with E-state index in [4.69, 9.17) is 0 Å². The van der Waals surface area contributed by atoms with Crippen LogP contribution in [0.2, 0.25) is 0 Å². The first-order valence-electron chi connectivity index (χ1n) is 6.62. The number of hydrogen-bond acceptors (Lipinski definition) is 6. The third-order valence-corrected chi connectivity index (χ3v) is 6.59. The maximum Gasteiger partial charge on any atom is 0.242 e. The largest absolute Gasteiger partial charge is 0.312 e. The number of aryl methyl sites for hydroxylation is 2. The molecule has 0 aliphatic heterocycles. The Morgan fingerprint density at radius 3 is 2.57 bits per heavy atom. The highest BCUT2D eigenvalue weighted by atomic mass is 32.2. The van der Waals surface area contributed by atoms with E-state index in [9.17, 15) is 8.42 Å². The molecule has 2 aromatic heterocycles. The van der Waals surface area contributed by atoms with Gasteiger partial charge in [0.15, 0.2) is 0 Å². The van der Waals surface area contributed by atoms with Gasteiger partial charge in [-0.3, -0.25) is 0 Å². The summed E-state index contributed by atoms with van der Waals surface area (Å²) in [5, 5.41) is 7.87. The van der Waals surface area contributed by atoms with Gasteiger partial charge >= 0.3 is 0 Å². The van der Waals surface area contributed by atoms with Crippen molar-refractivity contribution in [2.24, 2.45) is 0 Å². The molecule has 0 aromatic carbocycles. The Kier molecular flexibility index (Phi) is 5.50. The Bertz CT molecular complexity index is 704. The second-order valence-corrected chi connectivity index (χ2v) is 8.36. The number of nitrogens with zero attached hydrogens (tertiary/aromatic N) is 1. The van der Waals surface area contributed by atoms with E-state index in [-0.39, 0.29) is 6.54 Å². The highest BCUT2D eigenvalue weighted by Crippen LogP contribution is 2.26. The summed E-state index contributed by atoms with van der Waals surface area (Å²) in [6, 6.07) is 0. The number of thiazole rings is 1. The number of thiophene rings is 1. The highest BCUT2D eigenvalue weighted by molar-refractivity contribution is 7.89. The molecule has 5 nitrogen and oxygen atoms in total. The minimum atomic E-state index is -3.51. The van der Waals surface area contributed by atoms with Crippen LogP contribution in [0.1, 0.15) is 28.1 Å². The van der Waals surface area contributed by atoms with Gasteiger partial charge in [-0.05, 0) is 31.3 Å². The van der Waals surface area contributed by atoms with Gasteiger partial charge in [-0.1, -0.05) is 6.92 Å². The average molecular weight is 346 g/mol. The lowest BCUT2D eigenvalue weighted by molar-refractivity contribution is 0.578. The van der Waals surface area contributed by atoms with Crippen molar-refractivity contribution < 1.29 is 8.42 Å². The number of nitrogens with one attached hydrogen (secondary N) is 2. The lowest BCUT2D eigenvalue weighted by atomic mass is 10.3. The molecule has 2 heterocycles. The Labute approximate surface area is 133 Å². The van der Waals surface area contributed by atoms with Crippen LogP contribution in [0.5, 0.6) is 0 Å². The van der Waals surface area contributed by atoms with Gasteiger partial charge < -0.3 is 5.32 Å². The molecule has 0 saturated heterocycles. The molecular weight excluding hydrogens is 326 g/mol. The summed E-state index contributed by atoms with van der Waals surface area (Å²) >= 11 is 2.99. The van der Waals surface area contributed by atoms with Crippen LogP contribution in [0.3, 0.4) is 0 Å². The van der Waals surface area contributed by atoms with Gasteiger partial charge in [0.05, 0.1) is 17.2 Å².